The molecule has 2 atom stereocenters. The van der Waals surface area contributed by atoms with Gasteiger partial charge in [0.2, 0.25) is 10.0 Å². The topological polar surface area (TPSA) is 92.9 Å². The SMILES string of the molecule is CCC1COC(C)CN1S(=O)(=O)c1ccc(O)c(N)c1. The second-order valence-corrected chi connectivity index (χ2v) is 6.89. The second-order valence-electron chi connectivity index (χ2n) is 5.00. The van der Waals surface area contributed by atoms with E-state index in [1.54, 1.807) is 0 Å². The number of nitrogens with two attached hydrogens (primary N) is 1. The van der Waals surface area contributed by atoms with Gasteiger partial charge in [-0.05, 0) is 31.5 Å². The van der Waals surface area contributed by atoms with Gasteiger partial charge in [-0.25, -0.2) is 8.42 Å². The van der Waals surface area contributed by atoms with Crippen LogP contribution in [0.25, 0.3) is 0 Å². The van der Waals surface area contributed by atoms with Gasteiger partial charge in [0.05, 0.1) is 23.3 Å². The normalized spacial score (nSPS) is 24.7. The summed E-state index contributed by atoms with van der Waals surface area (Å²) in [5, 5.41) is 9.41. The van der Waals surface area contributed by atoms with Gasteiger partial charge < -0.3 is 15.6 Å². The molecule has 2 rings (SSSR count). The molecule has 0 saturated carbocycles. The number of phenols is 1. The van der Waals surface area contributed by atoms with Crippen LogP contribution in [-0.4, -0.2) is 43.1 Å². The largest absolute Gasteiger partial charge is 0.506 e. The van der Waals surface area contributed by atoms with Crippen molar-refractivity contribution in [1.82, 2.24) is 4.31 Å². The second kappa shape index (κ2) is 5.59. The smallest absolute Gasteiger partial charge is 0.243 e. The third-order valence-electron chi connectivity index (χ3n) is 3.49. The number of sulfonamides is 1. The van der Waals surface area contributed by atoms with Crippen LogP contribution in [-0.2, 0) is 14.8 Å². The lowest BCUT2D eigenvalue weighted by molar-refractivity contribution is -0.0230. The number of nitrogen functional groups attached to an aromatic ring is 1. The zero-order valence-corrected chi connectivity index (χ0v) is 12.4. The van der Waals surface area contributed by atoms with Crippen LogP contribution < -0.4 is 5.73 Å². The molecule has 112 valence electrons. The first-order valence-electron chi connectivity index (χ1n) is 6.58. The summed E-state index contributed by atoms with van der Waals surface area (Å²) in [6.45, 7) is 4.49. The minimum atomic E-state index is -3.63. The summed E-state index contributed by atoms with van der Waals surface area (Å²) in [7, 11) is -3.63. The highest BCUT2D eigenvalue weighted by molar-refractivity contribution is 7.89. The predicted molar refractivity (Wildman–Crippen MR) is 75.9 cm³/mol. The summed E-state index contributed by atoms with van der Waals surface area (Å²) in [5.41, 5.74) is 5.64. The third kappa shape index (κ3) is 2.74. The molecule has 1 aromatic carbocycles. The highest BCUT2D eigenvalue weighted by atomic mass is 32.2. The maximum atomic E-state index is 12.7. The van der Waals surface area contributed by atoms with Gasteiger partial charge in [-0.1, -0.05) is 6.92 Å². The van der Waals surface area contributed by atoms with Crippen molar-refractivity contribution in [2.45, 2.75) is 37.3 Å². The van der Waals surface area contributed by atoms with Crippen molar-refractivity contribution in [1.29, 1.82) is 0 Å². The van der Waals surface area contributed by atoms with Crippen molar-refractivity contribution < 1.29 is 18.3 Å². The Labute approximate surface area is 119 Å². The lowest BCUT2D eigenvalue weighted by Crippen LogP contribution is -2.51. The standard InChI is InChI=1S/C13H20N2O4S/c1-3-10-8-19-9(2)7-15(10)20(17,18)11-4-5-13(16)12(14)6-11/h4-6,9-10,16H,3,7-8,14H2,1-2H3. The van der Waals surface area contributed by atoms with Gasteiger partial charge >= 0.3 is 0 Å². The van der Waals surface area contributed by atoms with E-state index in [4.69, 9.17) is 10.5 Å². The summed E-state index contributed by atoms with van der Waals surface area (Å²) in [6.07, 6.45) is 0.543. The van der Waals surface area contributed by atoms with Crippen LogP contribution in [0.2, 0.25) is 0 Å². The number of benzene rings is 1. The Morgan fingerprint density at radius 1 is 1.50 bits per heavy atom. The Hall–Kier alpha value is -1.31. The van der Waals surface area contributed by atoms with Crippen LogP contribution in [0.5, 0.6) is 5.75 Å². The first kappa shape index (κ1) is 15.1. The maximum absolute atomic E-state index is 12.7. The summed E-state index contributed by atoms with van der Waals surface area (Å²) < 4.78 is 32.4. The molecule has 1 heterocycles. The summed E-state index contributed by atoms with van der Waals surface area (Å²) >= 11 is 0. The number of ether oxygens (including phenoxy) is 1. The molecule has 1 fully saturated rings. The van der Waals surface area contributed by atoms with Crippen molar-refractivity contribution in [3.8, 4) is 5.75 Å². The number of rotatable bonds is 3. The molecule has 0 radical (unpaired) electrons. The minimum Gasteiger partial charge on any atom is -0.506 e. The highest BCUT2D eigenvalue weighted by Crippen LogP contribution is 2.28. The monoisotopic (exact) mass is 300 g/mol. The maximum Gasteiger partial charge on any atom is 0.243 e. The van der Waals surface area contributed by atoms with Gasteiger partial charge in [0.1, 0.15) is 5.75 Å². The molecule has 0 spiro atoms. The Morgan fingerprint density at radius 3 is 2.80 bits per heavy atom. The molecule has 1 aromatic rings. The Bertz CT molecular complexity index is 588. The van der Waals surface area contributed by atoms with E-state index in [-0.39, 0.29) is 28.5 Å². The number of phenolic OH excluding ortho intramolecular Hbond substituents is 1. The number of nitrogens with zero attached hydrogens (tertiary/aromatic N) is 1. The molecule has 0 aromatic heterocycles. The number of anilines is 1. The number of aromatic hydroxyl groups is 1. The lowest BCUT2D eigenvalue weighted by Gasteiger charge is -2.37. The molecule has 3 N–H and O–H groups in total. The van der Waals surface area contributed by atoms with Crippen molar-refractivity contribution in [3.05, 3.63) is 18.2 Å². The zero-order valence-electron chi connectivity index (χ0n) is 11.6. The molecule has 20 heavy (non-hydrogen) atoms. The van der Waals surface area contributed by atoms with Crippen LogP contribution >= 0.6 is 0 Å². The van der Waals surface area contributed by atoms with Gasteiger partial charge in [-0.3, -0.25) is 0 Å². The molecular weight excluding hydrogens is 280 g/mol. The van der Waals surface area contributed by atoms with Crippen LogP contribution in [0.15, 0.2) is 23.1 Å². The average Bonchev–Trinajstić information content (AvgIpc) is 2.41. The first-order chi connectivity index (χ1) is 9.36. The van der Waals surface area contributed by atoms with Crippen LogP contribution in [0.1, 0.15) is 20.3 Å². The fraction of sp³-hybridized carbons (Fsp3) is 0.538. The molecule has 7 heteroatoms. The van der Waals surface area contributed by atoms with Crippen molar-refractivity contribution in [2.24, 2.45) is 0 Å². The Balaban J connectivity index is 2.39. The van der Waals surface area contributed by atoms with E-state index in [1.165, 1.54) is 22.5 Å². The van der Waals surface area contributed by atoms with Crippen LogP contribution in [0, 0.1) is 0 Å². The summed E-state index contributed by atoms with van der Waals surface area (Å²) in [5.74, 6) is -0.119. The molecule has 1 aliphatic rings. The Morgan fingerprint density at radius 2 is 2.20 bits per heavy atom. The first-order valence-corrected chi connectivity index (χ1v) is 8.02. The van der Waals surface area contributed by atoms with E-state index in [0.717, 1.165) is 0 Å². The quantitative estimate of drug-likeness (QED) is 0.645. The average molecular weight is 300 g/mol. The molecule has 6 nitrogen and oxygen atoms in total. The molecule has 0 bridgehead atoms. The molecule has 1 saturated heterocycles. The van der Waals surface area contributed by atoms with Crippen molar-refractivity contribution >= 4 is 15.7 Å². The van der Waals surface area contributed by atoms with Crippen molar-refractivity contribution in [3.63, 3.8) is 0 Å². The van der Waals surface area contributed by atoms with E-state index in [0.29, 0.717) is 19.6 Å². The van der Waals surface area contributed by atoms with Gasteiger partial charge in [-0.2, -0.15) is 4.31 Å². The number of morpholine rings is 1. The summed E-state index contributed by atoms with van der Waals surface area (Å²) in [4.78, 5) is 0.0975. The van der Waals surface area contributed by atoms with Crippen molar-refractivity contribution in [2.75, 3.05) is 18.9 Å². The fourth-order valence-corrected chi connectivity index (χ4v) is 4.05. The molecule has 0 aliphatic carbocycles. The van der Waals surface area contributed by atoms with E-state index in [1.807, 2.05) is 13.8 Å². The fourth-order valence-electron chi connectivity index (χ4n) is 2.26. The molecule has 1 aliphatic heterocycles. The predicted octanol–water partition coefficient (Wildman–Crippen LogP) is 1.16. The van der Waals surface area contributed by atoms with Gasteiger partial charge in [-0.15, -0.1) is 0 Å². The van der Waals surface area contributed by atoms with Crippen LogP contribution in [0.3, 0.4) is 0 Å². The number of hydrogen-bond donors (Lipinski definition) is 2. The Kier molecular flexibility index (Phi) is 4.22. The summed E-state index contributed by atoms with van der Waals surface area (Å²) in [6, 6.07) is 3.78. The number of hydrogen-bond acceptors (Lipinski definition) is 5. The minimum absolute atomic E-state index is 0.0560. The van der Waals surface area contributed by atoms with Gasteiger partial charge in [0.25, 0.3) is 0 Å². The zero-order chi connectivity index (χ0) is 14.9. The molecule has 0 amide bonds. The van der Waals surface area contributed by atoms with E-state index >= 15 is 0 Å². The molecular formula is C13H20N2O4S. The van der Waals surface area contributed by atoms with E-state index in [9.17, 15) is 13.5 Å². The molecule has 2 unspecified atom stereocenters. The van der Waals surface area contributed by atoms with Gasteiger partial charge in [0.15, 0.2) is 0 Å². The third-order valence-corrected chi connectivity index (χ3v) is 5.41. The van der Waals surface area contributed by atoms with E-state index < -0.39 is 10.0 Å². The van der Waals surface area contributed by atoms with E-state index in [2.05, 4.69) is 0 Å². The highest BCUT2D eigenvalue weighted by Gasteiger charge is 2.35. The van der Waals surface area contributed by atoms with Gasteiger partial charge in [0, 0.05) is 12.6 Å². The lowest BCUT2D eigenvalue weighted by atomic mass is 10.2. The van der Waals surface area contributed by atoms with Crippen LogP contribution in [0.4, 0.5) is 5.69 Å².